The predicted octanol–water partition coefficient (Wildman–Crippen LogP) is 2.56. The van der Waals surface area contributed by atoms with Crippen LogP contribution in [0.25, 0.3) is 0 Å². The Morgan fingerprint density at radius 2 is 2.10 bits per heavy atom. The summed E-state index contributed by atoms with van der Waals surface area (Å²) in [5.41, 5.74) is 1.24. The Morgan fingerprint density at radius 1 is 1.35 bits per heavy atom. The van der Waals surface area contributed by atoms with Crippen molar-refractivity contribution < 1.29 is 4.74 Å². The SMILES string of the molecule is CCNC(CSc1n[nH]c(C)n1)c1ccc(OC)cc1. The number of ether oxygens (including phenoxy) is 1. The molecule has 0 fully saturated rings. The van der Waals surface area contributed by atoms with Crippen LogP contribution >= 0.6 is 11.8 Å². The zero-order valence-corrected chi connectivity index (χ0v) is 12.8. The highest BCUT2D eigenvalue weighted by atomic mass is 32.2. The molecule has 0 aliphatic rings. The van der Waals surface area contributed by atoms with Crippen molar-refractivity contribution in [2.24, 2.45) is 0 Å². The first-order valence-corrected chi connectivity index (χ1v) is 7.60. The Balaban J connectivity index is 2.01. The van der Waals surface area contributed by atoms with E-state index in [1.807, 2.05) is 19.1 Å². The van der Waals surface area contributed by atoms with Gasteiger partial charge in [0.05, 0.1) is 7.11 Å². The Bertz CT molecular complexity index is 526. The molecule has 2 rings (SSSR count). The highest BCUT2D eigenvalue weighted by Gasteiger charge is 2.12. The van der Waals surface area contributed by atoms with Crippen molar-refractivity contribution in [1.29, 1.82) is 0 Å². The Labute approximate surface area is 123 Å². The molecule has 108 valence electrons. The number of hydrogen-bond acceptors (Lipinski definition) is 5. The molecular formula is C14H20N4OS. The minimum atomic E-state index is 0.273. The molecule has 6 heteroatoms. The topological polar surface area (TPSA) is 62.8 Å². The Hall–Kier alpha value is -1.53. The summed E-state index contributed by atoms with van der Waals surface area (Å²) in [6.07, 6.45) is 0. The molecule has 1 heterocycles. The monoisotopic (exact) mass is 292 g/mol. The van der Waals surface area contributed by atoms with Gasteiger partial charge in [-0.1, -0.05) is 30.8 Å². The van der Waals surface area contributed by atoms with Crippen LogP contribution in [-0.2, 0) is 0 Å². The molecule has 0 spiro atoms. The van der Waals surface area contributed by atoms with Gasteiger partial charge in [-0.05, 0) is 31.2 Å². The zero-order valence-electron chi connectivity index (χ0n) is 12.0. The molecule has 1 aromatic carbocycles. The van der Waals surface area contributed by atoms with Crippen LogP contribution in [0, 0.1) is 6.92 Å². The molecule has 1 atom stereocenters. The second-order valence-electron chi connectivity index (χ2n) is 4.40. The van der Waals surface area contributed by atoms with E-state index in [9.17, 15) is 0 Å². The van der Waals surface area contributed by atoms with Crippen molar-refractivity contribution in [3.8, 4) is 5.75 Å². The van der Waals surface area contributed by atoms with Gasteiger partial charge < -0.3 is 10.1 Å². The zero-order chi connectivity index (χ0) is 14.4. The molecule has 2 N–H and O–H groups in total. The van der Waals surface area contributed by atoms with Crippen LogP contribution in [-0.4, -0.2) is 34.6 Å². The number of benzene rings is 1. The first kappa shape index (κ1) is 14.9. The van der Waals surface area contributed by atoms with E-state index in [0.717, 1.165) is 29.0 Å². The molecule has 0 aliphatic heterocycles. The van der Waals surface area contributed by atoms with Crippen molar-refractivity contribution in [3.05, 3.63) is 35.7 Å². The summed E-state index contributed by atoms with van der Waals surface area (Å²) in [4.78, 5) is 4.31. The number of nitrogens with zero attached hydrogens (tertiary/aromatic N) is 2. The lowest BCUT2D eigenvalue weighted by Gasteiger charge is -2.17. The van der Waals surface area contributed by atoms with E-state index in [0.29, 0.717) is 0 Å². The summed E-state index contributed by atoms with van der Waals surface area (Å²) in [5, 5.41) is 11.3. The van der Waals surface area contributed by atoms with Gasteiger partial charge >= 0.3 is 0 Å². The van der Waals surface area contributed by atoms with E-state index in [1.54, 1.807) is 18.9 Å². The number of aryl methyl sites for hydroxylation is 1. The highest BCUT2D eigenvalue weighted by Crippen LogP contribution is 2.24. The minimum absolute atomic E-state index is 0.273. The normalized spacial score (nSPS) is 12.3. The predicted molar refractivity (Wildman–Crippen MR) is 81.3 cm³/mol. The third-order valence-electron chi connectivity index (χ3n) is 2.92. The quantitative estimate of drug-likeness (QED) is 0.768. The summed E-state index contributed by atoms with van der Waals surface area (Å²) < 4.78 is 5.19. The summed E-state index contributed by atoms with van der Waals surface area (Å²) in [7, 11) is 1.68. The second kappa shape index (κ2) is 7.31. The maximum absolute atomic E-state index is 5.19. The molecule has 0 saturated heterocycles. The lowest BCUT2D eigenvalue weighted by Crippen LogP contribution is -2.22. The van der Waals surface area contributed by atoms with Crippen LogP contribution < -0.4 is 10.1 Å². The fraction of sp³-hybridized carbons (Fsp3) is 0.429. The molecule has 0 saturated carbocycles. The standard InChI is InChI=1S/C14H20N4OS/c1-4-15-13(9-20-14-16-10(2)17-18-14)11-5-7-12(19-3)8-6-11/h5-8,13,15H,4,9H2,1-3H3,(H,16,17,18). The van der Waals surface area contributed by atoms with Crippen LogP contribution in [0.15, 0.2) is 29.4 Å². The number of aromatic amines is 1. The summed E-state index contributed by atoms with van der Waals surface area (Å²) >= 11 is 1.65. The van der Waals surface area contributed by atoms with E-state index >= 15 is 0 Å². The molecule has 0 amide bonds. The number of nitrogens with one attached hydrogen (secondary N) is 2. The number of thioether (sulfide) groups is 1. The lowest BCUT2D eigenvalue weighted by atomic mass is 10.1. The number of aromatic nitrogens is 3. The average molecular weight is 292 g/mol. The fourth-order valence-corrected chi connectivity index (χ4v) is 2.84. The smallest absolute Gasteiger partial charge is 0.208 e. The Kier molecular flexibility index (Phi) is 5.43. The van der Waals surface area contributed by atoms with Crippen LogP contribution in [0.3, 0.4) is 0 Å². The second-order valence-corrected chi connectivity index (χ2v) is 5.38. The first-order valence-electron chi connectivity index (χ1n) is 6.62. The van der Waals surface area contributed by atoms with Gasteiger partial charge in [-0.2, -0.15) is 0 Å². The fourth-order valence-electron chi connectivity index (χ4n) is 1.90. The van der Waals surface area contributed by atoms with Gasteiger partial charge in [0.25, 0.3) is 0 Å². The maximum Gasteiger partial charge on any atom is 0.208 e. The van der Waals surface area contributed by atoms with Gasteiger partial charge in [0.1, 0.15) is 11.6 Å². The van der Waals surface area contributed by atoms with Crippen molar-refractivity contribution in [3.63, 3.8) is 0 Å². The van der Waals surface area contributed by atoms with E-state index in [4.69, 9.17) is 4.74 Å². The molecule has 1 aromatic heterocycles. The van der Waals surface area contributed by atoms with E-state index in [1.165, 1.54) is 5.56 Å². The highest BCUT2D eigenvalue weighted by molar-refractivity contribution is 7.99. The summed E-state index contributed by atoms with van der Waals surface area (Å²) in [6, 6.07) is 8.43. The number of rotatable bonds is 7. The number of H-pyrrole nitrogens is 1. The van der Waals surface area contributed by atoms with E-state index in [-0.39, 0.29) is 6.04 Å². The van der Waals surface area contributed by atoms with Crippen molar-refractivity contribution in [2.75, 3.05) is 19.4 Å². The minimum Gasteiger partial charge on any atom is -0.497 e. The van der Waals surface area contributed by atoms with Gasteiger partial charge in [0, 0.05) is 11.8 Å². The van der Waals surface area contributed by atoms with Crippen LogP contribution in [0.1, 0.15) is 24.4 Å². The van der Waals surface area contributed by atoms with Gasteiger partial charge in [0.15, 0.2) is 0 Å². The number of methoxy groups -OCH3 is 1. The molecule has 0 aliphatic carbocycles. The van der Waals surface area contributed by atoms with Gasteiger partial charge in [-0.25, -0.2) is 4.98 Å². The number of hydrogen-bond donors (Lipinski definition) is 2. The molecule has 0 bridgehead atoms. The molecule has 0 radical (unpaired) electrons. The van der Waals surface area contributed by atoms with E-state index in [2.05, 4.69) is 39.6 Å². The average Bonchev–Trinajstić information content (AvgIpc) is 2.89. The van der Waals surface area contributed by atoms with Crippen molar-refractivity contribution in [2.45, 2.75) is 25.0 Å². The largest absolute Gasteiger partial charge is 0.497 e. The van der Waals surface area contributed by atoms with E-state index < -0.39 is 0 Å². The molecule has 2 aromatic rings. The van der Waals surface area contributed by atoms with Crippen molar-refractivity contribution >= 4 is 11.8 Å². The third kappa shape index (κ3) is 3.98. The molecule has 5 nitrogen and oxygen atoms in total. The molecule has 1 unspecified atom stereocenters. The van der Waals surface area contributed by atoms with Crippen LogP contribution in [0.2, 0.25) is 0 Å². The maximum atomic E-state index is 5.19. The Morgan fingerprint density at radius 3 is 2.65 bits per heavy atom. The van der Waals surface area contributed by atoms with Gasteiger partial charge in [0.2, 0.25) is 5.16 Å². The van der Waals surface area contributed by atoms with Gasteiger partial charge in [-0.3, -0.25) is 5.10 Å². The first-order chi connectivity index (χ1) is 9.72. The molecule has 20 heavy (non-hydrogen) atoms. The summed E-state index contributed by atoms with van der Waals surface area (Å²) in [5.74, 6) is 2.61. The molecular weight excluding hydrogens is 272 g/mol. The third-order valence-corrected chi connectivity index (χ3v) is 3.87. The van der Waals surface area contributed by atoms with Gasteiger partial charge in [-0.15, -0.1) is 5.10 Å². The van der Waals surface area contributed by atoms with Crippen LogP contribution in [0.4, 0.5) is 0 Å². The van der Waals surface area contributed by atoms with Crippen LogP contribution in [0.5, 0.6) is 5.75 Å². The summed E-state index contributed by atoms with van der Waals surface area (Å²) in [6.45, 7) is 4.94. The van der Waals surface area contributed by atoms with Crippen molar-refractivity contribution in [1.82, 2.24) is 20.5 Å². The lowest BCUT2D eigenvalue weighted by molar-refractivity contribution is 0.414.